The summed E-state index contributed by atoms with van der Waals surface area (Å²) < 4.78 is 0. The Hall–Kier alpha value is -2.80. The summed E-state index contributed by atoms with van der Waals surface area (Å²) in [7, 11) is 0. The van der Waals surface area contributed by atoms with Crippen molar-refractivity contribution in [3.63, 3.8) is 0 Å². The fraction of sp³-hybridized carbons (Fsp3) is 0.0625. The number of carbonyl (C=O) groups is 3. The number of thioether (sulfide) groups is 1. The van der Waals surface area contributed by atoms with Crippen molar-refractivity contribution in [2.75, 3.05) is 10.2 Å². The van der Waals surface area contributed by atoms with Gasteiger partial charge in [0, 0.05) is 5.69 Å². The lowest BCUT2D eigenvalue weighted by Crippen LogP contribution is -2.34. The number of rotatable bonds is 4. The Balaban J connectivity index is 1.76. The van der Waals surface area contributed by atoms with E-state index in [1.54, 1.807) is 42.5 Å². The maximum absolute atomic E-state index is 12.4. The molecule has 1 aliphatic rings. The van der Waals surface area contributed by atoms with E-state index < -0.39 is 11.3 Å². The maximum atomic E-state index is 12.4. The molecule has 116 valence electrons. The number of carboxylic acids is 1. The highest BCUT2D eigenvalue weighted by molar-refractivity contribution is 8.16. The topological polar surface area (TPSA) is 86.7 Å². The third-order valence-corrected chi connectivity index (χ3v) is 4.23. The Morgan fingerprint density at radius 1 is 1.04 bits per heavy atom. The molecule has 23 heavy (non-hydrogen) atoms. The van der Waals surface area contributed by atoms with Gasteiger partial charge in [0.15, 0.2) is 5.37 Å². The van der Waals surface area contributed by atoms with Gasteiger partial charge < -0.3 is 10.4 Å². The van der Waals surface area contributed by atoms with Crippen LogP contribution in [0.1, 0.15) is 10.4 Å². The largest absolute Gasteiger partial charge is 0.478 e. The normalized spacial score (nSPS) is 17.4. The van der Waals surface area contributed by atoms with Crippen LogP contribution in [0.5, 0.6) is 0 Å². The standard InChI is InChI=1S/C16H12N2O4S/c19-14-13(17-11-8-6-10(7-9-11)15(20)21)23-16(22)18(14)12-4-2-1-3-5-12/h1-9,13,17H,(H,20,21)/t13-/m1/s1. The molecule has 0 spiro atoms. The molecule has 2 amide bonds. The van der Waals surface area contributed by atoms with Gasteiger partial charge in [-0.2, -0.15) is 0 Å². The van der Waals surface area contributed by atoms with E-state index in [1.165, 1.54) is 12.1 Å². The van der Waals surface area contributed by atoms with Crippen LogP contribution in [0.4, 0.5) is 16.2 Å². The van der Waals surface area contributed by atoms with E-state index in [-0.39, 0.29) is 16.7 Å². The monoisotopic (exact) mass is 328 g/mol. The minimum Gasteiger partial charge on any atom is -0.478 e. The number of aromatic carboxylic acids is 1. The van der Waals surface area contributed by atoms with Gasteiger partial charge in [0.1, 0.15) is 0 Å². The summed E-state index contributed by atoms with van der Waals surface area (Å²) in [4.78, 5) is 36.5. The number of amides is 2. The van der Waals surface area contributed by atoms with Gasteiger partial charge >= 0.3 is 5.97 Å². The Labute approximate surface area is 136 Å². The van der Waals surface area contributed by atoms with E-state index in [4.69, 9.17) is 5.11 Å². The number of anilines is 2. The minimum absolute atomic E-state index is 0.156. The molecule has 1 heterocycles. The first kappa shape index (κ1) is 15.1. The number of hydrogen-bond acceptors (Lipinski definition) is 5. The van der Waals surface area contributed by atoms with Crippen molar-refractivity contribution in [3.05, 3.63) is 60.2 Å². The summed E-state index contributed by atoms with van der Waals surface area (Å²) in [6, 6.07) is 14.7. The number of hydrogen-bond donors (Lipinski definition) is 2. The quantitative estimate of drug-likeness (QED) is 0.897. The summed E-state index contributed by atoms with van der Waals surface area (Å²) in [5.74, 6) is -1.37. The second-order valence-corrected chi connectivity index (χ2v) is 5.86. The zero-order valence-electron chi connectivity index (χ0n) is 11.8. The number of imide groups is 1. The number of nitrogens with zero attached hydrogens (tertiary/aromatic N) is 1. The third-order valence-electron chi connectivity index (χ3n) is 3.29. The van der Waals surface area contributed by atoms with Crippen LogP contribution in [-0.4, -0.2) is 27.6 Å². The Bertz CT molecular complexity index is 761. The molecule has 2 aromatic rings. The molecule has 0 aromatic heterocycles. The first-order valence-corrected chi connectivity index (χ1v) is 7.64. The van der Waals surface area contributed by atoms with Crippen LogP contribution < -0.4 is 10.2 Å². The van der Waals surface area contributed by atoms with Crippen LogP contribution in [0, 0.1) is 0 Å². The van der Waals surface area contributed by atoms with Gasteiger partial charge in [0.05, 0.1) is 11.3 Å². The zero-order valence-corrected chi connectivity index (χ0v) is 12.6. The van der Waals surface area contributed by atoms with E-state index in [2.05, 4.69) is 5.32 Å². The van der Waals surface area contributed by atoms with Crippen molar-refractivity contribution in [1.82, 2.24) is 0 Å². The number of para-hydroxylation sites is 1. The van der Waals surface area contributed by atoms with Crippen LogP contribution in [0.15, 0.2) is 54.6 Å². The van der Waals surface area contributed by atoms with Crippen molar-refractivity contribution in [2.24, 2.45) is 0 Å². The molecule has 3 rings (SSSR count). The van der Waals surface area contributed by atoms with Crippen LogP contribution in [0.3, 0.4) is 0 Å². The molecule has 0 unspecified atom stereocenters. The average Bonchev–Trinajstić information content (AvgIpc) is 2.82. The Morgan fingerprint density at radius 2 is 1.70 bits per heavy atom. The molecular weight excluding hydrogens is 316 g/mol. The summed E-state index contributed by atoms with van der Waals surface area (Å²) in [5.41, 5.74) is 1.26. The second-order valence-electron chi connectivity index (χ2n) is 4.80. The molecule has 7 heteroatoms. The molecule has 0 aliphatic carbocycles. The highest BCUT2D eigenvalue weighted by atomic mass is 32.2. The summed E-state index contributed by atoms with van der Waals surface area (Å²) in [5, 5.41) is 10.7. The number of nitrogens with one attached hydrogen (secondary N) is 1. The smallest absolute Gasteiger partial charge is 0.335 e. The van der Waals surface area contributed by atoms with E-state index in [0.29, 0.717) is 11.4 Å². The molecule has 2 aromatic carbocycles. The van der Waals surface area contributed by atoms with Gasteiger partial charge in [0.2, 0.25) is 0 Å². The number of benzene rings is 2. The lowest BCUT2D eigenvalue weighted by atomic mass is 10.2. The van der Waals surface area contributed by atoms with Crippen LogP contribution in [0.25, 0.3) is 0 Å². The van der Waals surface area contributed by atoms with E-state index in [1.807, 2.05) is 0 Å². The van der Waals surface area contributed by atoms with Crippen LogP contribution >= 0.6 is 11.8 Å². The fourth-order valence-electron chi connectivity index (χ4n) is 2.17. The zero-order chi connectivity index (χ0) is 16.4. The molecule has 0 bridgehead atoms. The van der Waals surface area contributed by atoms with Gasteiger partial charge in [0.25, 0.3) is 11.1 Å². The molecular formula is C16H12N2O4S. The molecule has 2 N–H and O–H groups in total. The van der Waals surface area contributed by atoms with Crippen molar-refractivity contribution in [1.29, 1.82) is 0 Å². The molecule has 6 nitrogen and oxygen atoms in total. The van der Waals surface area contributed by atoms with Gasteiger partial charge in [-0.15, -0.1) is 0 Å². The molecule has 1 atom stereocenters. The minimum atomic E-state index is -1.02. The van der Waals surface area contributed by atoms with E-state index in [0.717, 1.165) is 16.7 Å². The second kappa shape index (κ2) is 6.13. The predicted molar refractivity (Wildman–Crippen MR) is 87.7 cm³/mol. The first-order chi connectivity index (χ1) is 11.1. The predicted octanol–water partition coefficient (Wildman–Crippen LogP) is 3.02. The molecule has 1 fully saturated rings. The van der Waals surface area contributed by atoms with Crippen molar-refractivity contribution < 1.29 is 19.5 Å². The van der Waals surface area contributed by atoms with Crippen LogP contribution in [0.2, 0.25) is 0 Å². The molecule has 0 radical (unpaired) electrons. The number of carboxylic acid groups (broad SMARTS) is 1. The molecule has 0 saturated carbocycles. The lowest BCUT2D eigenvalue weighted by molar-refractivity contribution is -0.116. The third kappa shape index (κ3) is 3.04. The van der Waals surface area contributed by atoms with Gasteiger partial charge in [-0.1, -0.05) is 18.2 Å². The van der Waals surface area contributed by atoms with Gasteiger partial charge in [-0.3, -0.25) is 9.59 Å². The average molecular weight is 328 g/mol. The highest BCUT2D eigenvalue weighted by Gasteiger charge is 2.40. The summed E-state index contributed by atoms with van der Waals surface area (Å²) in [6.45, 7) is 0. The Morgan fingerprint density at radius 3 is 2.30 bits per heavy atom. The van der Waals surface area contributed by atoms with Crippen molar-refractivity contribution in [2.45, 2.75) is 5.37 Å². The van der Waals surface area contributed by atoms with E-state index >= 15 is 0 Å². The summed E-state index contributed by atoms with van der Waals surface area (Å²) >= 11 is 0.892. The number of carbonyl (C=O) groups excluding carboxylic acids is 2. The van der Waals surface area contributed by atoms with Crippen molar-refractivity contribution in [3.8, 4) is 0 Å². The molecule has 1 saturated heterocycles. The maximum Gasteiger partial charge on any atom is 0.335 e. The molecule has 1 aliphatic heterocycles. The fourth-order valence-corrected chi connectivity index (χ4v) is 3.08. The van der Waals surface area contributed by atoms with Gasteiger partial charge in [-0.05, 0) is 48.2 Å². The Kier molecular flexibility index (Phi) is 4.03. The first-order valence-electron chi connectivity index (χ1n) is 6.76. The lowest BCUT2D eigenvalue weighted by Gasteiger charge is -2.14. The summed E-state index contributed by atoms with van der Waals surface area (Å²) in [6.07, 6.45) is 0. The van der Waals surface area contributed by atoms with E-state index in [9.17, 15) is 14.4 Å². The SMILES string of the molecule is O=C(O)c1ccc(N[C@@H]2SC(=O)N(c3ccccc3)C2=O)cc1. The highest BCUT2D eigenvalue weighted by Crippen LogP contribution is 2.32. The van der Waals surface area contributed by atoms with Crippen molar-refractivity contribution >= 4 is 40.3 Å². The van der Waals surface area contributed by atoms with Crippen LogP contribution in [-0.2, 0) is 4.79 Å². The van der Waals surface area contributed by atoms with Gasteiger partial charge in [-0.25, -0.2) is 9.69 Å².